The van der Waals surface area contributed by atoms with Crippen molar-refractivity contribution in [2.24, 2.45) is 7.05 Å². The van der Waals surface area contributed by atoms with Gasteiger partial charge in [-0.15, -0.1) is 0 Å². The molecule has 1 saturated heterocycles. The highest BCUT2D eigenvalue weighted by molar-refractivity contribution is 7.89. The van der Waals surface area contributed by atoms with Crippen LogP contribution in [0, 0.1) is 0 Å². The third-order valence-electron chi connectivity index (χ3n) is 5.35. The molecular formula is C19H18Cl2N4O4S. The number of hydrogen-bond donors (Lipinski definition) is 0. The number of aromatic nitrogens is 3. The number of rotatable bonds is 3. The predicted octanol–water partition coefficient (Wildman–Crippen LogP) is 2.43. The van der Waals surface area contributed by atoms with Crippen molar-refractivity contribution in [1.29, 1.82) is 0 Å². The first-order valence-corrected chi connectivity index (χ1v) is 11.4. The number of fused-ring (bicyclic) bond motifs is 1. The SMILES string of the molecule is Cn1c(=O)c(=O)n(C2CCN(S(=O)(=O)c3ccc(Cl)cc3)CC2)c2ncc(Cl)cc21. The second-order valence-electron chi connectivity index (χ2n) is 7.12. The van der Waals surface area contributed by atoms with Gasteiger partial charge in [0.2, 0.25) is 10.0 Å². The van der Waals surface area contributed by atoms with Crippen molar-refractivity contribution >= 4 is 44.4 Å². The molecule has 0 radical (unpaired) electrons. The summed E-state index contributed by atoms with van der Waals surface area (Å²) in [6.07, 6.45) is 2.17. The van der Waals surface area contributed by atoms with Crippen LogP contribution in [0.2, 0.25) is 10.0 Å². The van der Waals surface area contributed by atoms with Gasteiger partial charge >= 0.3 is 11.1 Å². The zero-order valence-corrected chi connectivity index (χ0v) is 18.3. The van der Waals surface area contributed by atoms with Crippen LogP contribution in [0.25, 0.3) is 11.2 Å². The van der Waals surface area contributed by atoms with Gasteiger partial charge in [0.25, 0.3) is 0 Å². The molecule has 1 aliphatic rings. The van der Waals surface area contributed by atoms with E-state index in [-0.39, 0.29) is 24.0 Å². The summed E-state index contributed by atoms with van der Waals surface area (Å²) in [6.45, 7) is 0.429. The maximum atomic E-state index is 12.9. The largest absolute Gasteiger partial charge is 0.318 e. The first-order valence-electron chi connectivity index (χ1n) is 9.22. The van der Waals surface area contributed by atoms with Crippen LogP contribution in [-0.2, 0) is 17.1 Å². The molecule has 1 aliphatic heterocycles. The molecular weight excluding hydrogens is 451 g/mol. The lowest BCUT2D eigenvalue weighted by Gasteiger charge is -2.32. The molecule has 3 aromatic rings. The summed E-state index contributed by atoms with van der Waals surface area (Å²) < 4.78 is 29.8. The molecule has 3 heterocycles. The molecule has 0 N–H and O–H groups in total. The number of halogens is 2. The lowest BCUT2D eigenvalue weighted by molar-refractivity contribution is 0.273. The highest BCUT2D eigenvalue weighted by Crippen LogP contribution is 2.28. The van der Waals surface area contributed by atoms with Crippen LogP contribution in [-0.4, -0.2) is 39.9 Å². The number of pyridine rings is 1. The van der Waals surface area contributed by atoms with E-state index >= 15 is 0 Å². The fourth-order valence-corrected chi connectivity index (χ4v) is 5.49. The van der Waals surface area contributed by atoms with Crippen LogP contribution < -0.4 is 11.1 Å². The van der Waals surface area contributed by atoms with Gasteiger partial charge in [-0.25, -0.2) is 13.4 Å². The summed E-state index contributed by atoms with van der Waals surface area (Å²) in [5, 5.41) is 0.809. The van der Waals surface area contributed by atoms with Crippen LogP contribution in [0.1, 0.15) is 18.9 Å². The van der Waals surface area contributed by atoms with Crippen molar-refractivity contribution in [3.8, 4) is 0 Å². The smallest absolute Gasteiger partial charge is 0.304 e. The normalized spacial score (nSPS) is 16.2. The van der Waals surface area contributed by atoms with Crippen LogP contribution in [0.4, 0.5) is 0 Å². The summed E-state index contributed by atoms with van der Waals surface area (Å²) in [7, 11) is -2.17. The van der Waals surface area contributed by atoms with Crippen molar-refractivity contribution in [1.82, 2.24) is 18.4 Å². The van der Waals surface area contributed by atoms with Crippen LogP contribution >= 0.6 is 23.2 Å². The van der Waals surface area contributed by atoms with E-state index in [1.807, 2.05) is 0 Å². The molecule has 2 aromatic heterocycles. The molecule has 1 aromatic carbocycles. The lowest BCUT2D eigenvalue weighted by Crippen LogP contribution is -2.46. The average molecular weight is 469 g/mol. The third kappa shape index (κ3) is 3.56. The van der Waals surface area contributed by atoms with E-state index in [1.165, 1.54) is 50.9 Å². The summed E-state index contributed by atoms with van der Waals surface area (Å²) >= 11 is 11.9. The zero-order valence-electron chi connectivity index (χ0n) is 16.0. The van der Waals surface area contributed by atoms with Gasteiger partial charge in [0.1, 0.15) is 0 Å². The van der Waals surface area contributed by atoms with Crippen LogP contribution in [0.5, 0.6) is 0 Å². The number of hydrogen-bond acceptors (Lipinski definition) is 5. The van der Waals surface area contributed by atoms with Crippen molar-refractivity contribution in [3.05, 3.63) is 67.3 Å². The van der Waals surface area contributed by atoms with E-state index in [0.717, 1.165) is 0 Å². The summed E-state index contributed by atoms with van der Waals surface area (Å²) in [5.41, 5.74) is -0.560. The minimum absolute atomic E-state index is 0.165. The molecule has 4 rings (SSSR count). The fourth-order valence-electron chi connectivity index (χ4n) is 3.74. The maximum absolute atomic E-state index is 12.9. The van der Waals surface area contributed by atoms with E-state index in [0.29, 0.717) is 34.1 Å². The topological polar surface area (TPSA) is 94.3 Å². The van der Waals surface area contributed by atoms with Gasteiger partial charge in [-0.3, -0.25) is 14.2 Å². The zero-order chi connectivity index (χ0) is 21.6. The van der Waals surface area contributed by atoms with E-state index < -0.39 is 21.1 Å². The predicted molar refractivity (Wildman–Crippen MR) is 115 cm³/mol. The van der Waals surface area contributed by atoms with Crippen molar-refractivity contribution in [3.63, 3.8) is 0 Å². The van der Waals surface area contributed by atoms with Crippen molar-refractivity contribution < 1.29 is 8.42 Å². The minimum atomic E-state index is -3.67. The van der Waals surface area contributed by atoms with Gasteiger partial charge < -0.3 is 4.57 Å². The minimum Gasteiger partial charge on any atom is -0.304 e. The van der Waals surface area contributed by atoms with Crippen molar-refractivity contribution in [2.75, 3.05) is 13.1 Å². The summed E-state index contributed by atoms with van der Waals surface area (Å²) in [5.74, 6) is 0. The molecule has 0 unspecified atom stereocenters. The van der Waals surface area contributed by atoms with Gasteiger partial charge in [0, 0.05) is 37.4 Å². The van der Waals surface area contributed by atoms with E-state index in [2.05, 4.69) is 4.98 Å². The summed E-state index contributed by atoms with van der Waals surface area (Å²) in [6, 6.07) is 7.24. The Balaban J connectivity index is 1.67. The van der Waals surface area contributed by atoms with Crippen molar-refractivity contribution in [2.45, 2.75) is 23.8 Å². The number of nitrogens with zero attached hydrogens (tertiary/aromatic N) is 4. The Kier molecular flexibility index (Phi) is 5.48. The van der Waals surface area contributed by atoms with Crippen LogP contribution in [0.15, 0.2) is 51.0 Å². The molecule has 0 aliphatic carbocycles. The molecule has 0 atom stereocenters. The van der Waals surface area contributed by atoms with E-state index in [4.69, 9.17) is 23.2 Å². The second-order valence-corrected chi connectivity index (χ2v) is 9.94. The molecule has 1 fully saturated rings. The average Bonchev–Trinajstić information content (AvgIpc) is 2.73. The Labute approximate surface area is 182 Å². The van der Waals surface area contributed by atoms with Gasteiger partial charge in [0.15, 0.2) is 5.65 Å². The molecule has 0 spiro atoms. The first kappa shape index (κ1) is 21.0. The van der Waals surface area contributed by atoms with E-state index in [1.54, 1.807) is 6.07 Å². The monoisotopic (exact) mass is 468 g/mol. The Morgan fingerprint density at radius 2 is 1.63 bits per heavy atom. The number of benzene rings is 1. The van der Waals surface area contributed by atoms with Gasteiger partial charge in [-0.2, -0.15) is 4.31 Å². The Hall–Kier alpha value is -2.20. The number of piperidine rings is 1. The molecule has 0 saturated carbocycles. The Morgan fingerprint density at radius 3 is 2.27 bits per heavy atom. The Morgan fingerprint density at radius 1 is 1.00 bits per heavy atom. The highest BCUT2D eigenvalue weighted by Gasteiger charge is 2.31. The maximum Gasteiger partial charge on any atom is 0.318 e. The number of aryl methyl sites for hydroxylation is 1. The molecule has 0 amide bonds. The third-order valence-corrected chi connectivity index (χ3v) is 7.72. The lowest BCUT2D eigenvalue weighted by atomic mass is 10.1. The quantitative estimate of drug-likeness (QED) is 0.550. The second kappa shape index (κ2) is 7.81. The first-order chi connectivity index (χ1) is 14.2. The van der Waals surface area contributed by atoms with Gasteiger partial charge in [-0.05, 0) is 43.2 Å². The molecule has 30 heavy (non-hydrogen) atoms. The molecule has 8 nitrogen and oxygen atoms in total. The molecule has 0 bridgehead atoms. The molecule has 158 valence electrons. The summed E-state index contributed by atoms with van der Waals surface area (Å²) in [4.78, 5) is 29.6. The van der Waals surface area contributed by atoms with Gasteiger partial charge in [0.05, 0.1) is 15.4 Å². The number of sulfonamides is 1. The van der Waals surface area contributed by atoms with Gasteiger partial charge in [-0.1, -0.05) is 23.2 Å². The molecule has 11 heteroatoms. The highest BCUT2D eigenvalue weighted by atomic mass is 35.5. The Bertz CT molecular complexity index is 1340. The standard InChI is InChI=1S/C19H18Cl2N4O4S/c1-23-16-10-13(21)11-22-17(16)25(19(27)18(23)26)14-6-8-24(9-7-14)30(28,29)15-4-2-12(20)3-5-15/h2-5,10-11,14H,6-9H2,1H3. The van der Waals surface area contributed by atoms with Crippen LogP contribution in [0.3, 0.4) is 0 Å². The fraction of sp³-hybridized carbons (Fsp3) is 0.316. The van der Waals surface area contributed by atoms with E-state index in [9.17, 15) is 18.0 Å².